The summed E-state index contributed by atoms with van der Waals surface area (Å²) in [5.74, 6) is -0.716. The van der Waals surface area contributed by atoms with Gasteiger partial charge in [0.05, 0.1) is 12.6 Å². The lowest BCUT2D eigenvalue weighted by molar-refractivity contribution is -0.154. The average molecular weight is 472 g/mol. The van der Waals surface area contributed by atoms with E-state index in [4.69, 9.17) is 4.74 Å². The Kier molecular flexibility index (Phi) is 10.9. The van der Waals surface area contributed by atoms with Crippen LogP contribution in [-0.2, 0) is 19.1 Å². The van der Waals surface area contributed by atoms with Crippen LogP contribution in [-0.4, -0.2) is 54.5 Å². The number of hydrogen-bond acceptors (Lipinski definition) is 5. The fourth-order valence-corrected chi connectivity index (χ4v) is 4.84. The van der Waals surface area contributed by atoms with Gasteiger partial charge in [-0.05, 0) is 44.2 Å². The molecule has 0 aromatic heterocycles. The van der Waals surface area contributed by atoms with Crippen LogP contribution in [0.2, 0.25) is 0 Å². The fraction of sp³-hybridized carbons (Fsp3) is 0.667. The van der Waals surface area contributed by atoms with Crippen molar-refractivity contribution in [3.05, 3.63) is 35.9 Å². The molecule has 2 amide bonds. The molecule has 2 saturated heterocycles. The van der Waals surface area contributed by atoms with E-state index < -0.39 is 12.1 Å². The summed E-state index contributed by atoms with van der Waals surface area (Å²) in [6.45, 7) is 3.82. The third kappa shape index (κ3) is 7.55. The number of fused-ring (bicyclic) bond motifs is 1. The highest BCUT2D eigenvalue weighted by Crippen LogP contribution is 2.25. The van der Waals surface area contributed by atoms with Crippen LogP contribution in [0.1, 0.15) is 89.2 Å². The molecule has 0 bridgehead atoms. The van der Waals surface area contributed by atoms with E-state index >= 15 is 0 Å². The number of nitrogens with one attached hydrogen (secondary N) is 2. The van der Waals surface area contributed by atoms with E-state index in [0.29, 0.717) is 19.6 Å². The van der Waals surface area contributed by atoms with Crippen LogP contribution in [0.15, 0.2) is 30.3 Å². The van der Waals surface area contributed by atoms with E-state index in [2.05, 4.69) is 17.6 Å². The molecular weight excluding hydrogens is 430 g/mol. The predicted molar refractivity (Wildman–Crippen MR) is 132 cm³/mol. The van der Waals surface area contributed by atoms with E-state index in [0.717, 1.165) is 76.3 Å². The van der Waals surface area contributed by atoms with Crippen molar-refractivity contribution in [2.75, 3.05) is 19.7 Å². The van der Waals surface area contributed by atoms with Crippen LogP contribution in [0, 0.1) is 0 Å². The number of cyclic esters (lactones) is 1. The maximum atomic E-state index is 13.7. The van der Waals surface area contributed by atoms with Gasteiger partial charge >= 0.3 is 5.97 Å². The van der Waals surface area contributed by atoms with Crippen LogP contribution in [0.3, 0.4) is 0 Å². The molecule has 0 radical (unpaired) electrons. The van der Waals surface area contributed by atoms with Gasteiger partial charge < -0.3 is 20.3 Å². The molecule has 1 unspecified atom stereocenters. The molecule has 2 aliphatic heterocycles. The van der Waals surface area contributed by atoms with Gasteiger partial charge in [-0.15, -0.1) is 0 Å². The molecule has 188 valence electrons. The molecule has 34 heavy (non-hydrogen) atoms. The lowest BCUT2D eigenvalue weighted by Crippen LogP contribution is -2.51. The van der Waals surface area contributed by atoms with Crippen molar-refractivity contribution in [2.24, 2.45) is 0 Å². The second kappa shape index (κ2) is 14.1. The minimum absolute atomic E-state index is 0.149. The van der Waals surface area contributed by atoms with Crippen LogP contribution < -0.4 is 10.6 Å². The standard InChI is InChI=1S/C27H41N3O4/c1-2-3-4-10-16-22-25(31)29-24(21-14-8-7-9-15-21)26(32)30-19-13-17-23(30)27(33)34-20-12-6-5-11-18-28-22/h7-9,14-15,22-24,28H,2-6,10-13,16-20H2,1H3,(H,29,31)/t22-,23+,24?/m1/s1. The summed E-state index contributed by atoms with van der Waals surface area (Å²) in [7, 11) is 0. The van der Waals surface area contributed by atoms with Crippen molar-refractivity contribution in [1.82, 2.24) is 15.5 Å². The summed E-state index contributed by atoms with van der Waals surface area (Å²) in [6.07, 6.45) is 10.3. The Morgan fingerprint density at radius 1 is 0.971 bits per heavy atom. The van der Waals surface area contributed by atoms with Crippen molar-refractivity contribution in [2.45, 2.75) is 95.7 Å². The maximum Gasteiger partial charge on any atom is 0.328 e. The van der Waals surface area contributed by atoms with E-state index in [1.807, 2.05) is 30.3 Å². The van der Waals surface area contributed by atoms with Gasteiger partial charge in [-0.25, -0.2) is 4.79 Å². The summed E-state index contributed by atoms with van der Waals surface area (Å²) in [6, 6.07) is 7.60. The Morgan fingerprint density at radius 2 is 1.76 bits per heavy atom. The molecule has 0 spiro atoms. The van der Waals surface area contributed by atoms with Crippen molar-refractivity contribution >= 4 is 17.8 Å². The van der Waals surface area contributed by atoms with Gasteiger partial charge in [0.25, 0.3) is 5.91 Å². The first-order valence-corrected chi connectivity index (χ1v) is 13.2. The summed E-state index contributed by atoms with van der Waals surface area (Å²) in [4.78, 5) is 41.5. The molecular formula is C27H41N3O4. The molecule has 3 rings (SSSR count). The number of benzene rings is 1. The van der Waals surface area contributed by atoms with Gasteiger partial charge in [0.1, 0.15) is 12.1 Å². The van der Waals surface area contributed by atoms with Gasteiger partial charge in [0.15, 0.2) is 0 Å². The maximum absolute atomic E-state index is 13.7. The molecule has 2 heterocycles. The fourth-order valence-electron chi connectivity index (χ4n) is 4.84. The third-order valence-corrected chi connectivity index (χ3v) is 6.84. The van der Waals surface area contributed by atoms with Gasteiger partial charge in [-0.3, -0.25) is 9.59 Å². The van der Waals surface area contributed by atoms with Gasteiger partial charge in [0, 0.05) is 6.54 Å². The van der Waals surface area contributed by atoms with Gasteiger partial charge in [-0.2, -0.15) is 0 Å². The highest BCUT2D eigenvalue weighted by Gasteiger charge is 2.39. The molecule has 2 N–H and O–H groups in total. The molecule has 3 atom stereocenters. The number of ether oxygens (including phenoxy) is 1. The van der Waals surface area contributed by atoms with Gasteiger partial charge in [-0.1, -0.05) is 75.8 Å². The highest BCUT2D eigenvalue weighted by molar-refractivity contribution is 5.93. The first-order chi connectivity index (χ1) is 16.6. The third-order valence-electron chi connectivity index (χ3n) is 6.84. The van der Waals surface area contributed by atoms with E-state index in [-0.39, 0.29) is 23.8 Å². The predicted octanol–water partition coefficient (Wildman–Crippen LogP) is 3.88. The zero-order valence-electron chi connectivity index (χ0n) is 20.6. The van der Waals surface area contributed by atoms with Crippen LogP contribution >= 0.6 is 0 Å². The molecule has 1 aromatic carbocycles. The second-order valence-electron chi connectivity index (χ2n) is 9.48. The van der Waals surface area contributed by atoms with Crippen LogP contribution in [0.25, 0.3) is 0 Å². The number of nitrogens with zero attached hydrogens (tertiary/aromatic N) is 1. The number of carbonyl (C=O) groups is 3. The quantitative estimate of drug-likeness (QED) is 0.486. The Balaban J connectivity index is 1.82. The number of unbranched alkanes of at least 4 members (excludes halogenated alkanes) is 3. The van der Waals surface area contributed by atoms with E-state index in [1.165, 1.54) is 0 Å². The lowest BCUT2D eigenvalue weighted by atomic mass is 10.0. The Labute approximate surface area is 204 Å². The monoisotopic (exact) mass is 471 g/mol. The molecule has 2 aliphatic rings. The summed E-state index contributed by atoms with van der Waals surface area (Å²) in [5, 5.41) is 6.48. The number of amides is 2. The SMILES string of the molecule is CCCCCC[C@H]1NCCCCCCOC(=O)[C@@H]2CCCN2C(=O)C(c2ccccc2)NC1=O. The lowest BCUT2D eigenvalue weighted by Gasteiger charge is -2.30. The van der Waals surface area contributed by atoms with Crippen molar-refractivity contribution < 1.29 is 19.1 Å². The number of rotatable bonds is 6. The van der Waals surface area contributed by atoms with Crippen molar-refractivity contribution in [3.8, 4) is 0 Å². The van der Waals surface area contributed by atoms with Crippen molar-refractivity contribution in [3.63, 3.8) is 0 Å². The zero-order chi connectivity index (χ0) is 24.2. The number of esters is 1. The second-order valence-corrected chi connectivity index (χ2v) is 9.48. The molecule has 7 nitrogen and oxygen atoms in total. The zero-order valence-corrected chi connectivity index (χ0v) is 20.6. The molecule has 2 fully saturated rings. The van der Waals surface area contributed by atoms with E-state index in [1.54, 1.807) is 4.90 Å². The van der Waals surface area contributed by atoms with Gasteiger partial charge in [0.2, 0.25) is 5.91 Å². The molecule has 1 aromatic rings. The highest BCUT2D eigenvalue weighted by atomic mass is 16.5. The van der Waals surface area contributed by atoms with Crippen LogP contribution in [0.5, 0.6) is 0 Å². The molecule has 0 saturated carbocycles. The number of carbonyl (C=O) groups excluding carboxylic acids is 3. The largest absolute Gasteiger partial charge is 0.464 e. The Morgan fingerprint density at radius 3 is 2.56 bits per heavy atom. The molecule has 0 aliphatic carbocycles. The topological polar surface area (TPSA) is 87.7 Å². The molecule has 7 heteroatoms. The Bertz CT molecular complexity index is 785. The summed E-state index contributed by atoms with van der Waals surface area (Å²) < 4.78 is 5.51. The normalized spacial score (nSPS) is 25.5. The smallest absolute Gasteiger partial charge is 0.328 e. The first kappa shape index (κ1) is 26.2. The Hall–Kier alpha value is -2.41. The average Bonchev–Trinajstić information content (AvgIpc) is 3.35. The summed E-state index contributed by atoms with van der Waals surface area (Å²) >= 11 is 0. The minimum atomic E-state index is -0.824. The van der Waals surface area contributed by atoms with E-state index in [9.17, 15) is 14.4 Å². The van der Waals surface area contributed by atoms with Crippen LogP contribution in [0.4, 0.5) is 0 Å². The number of hydrogen-bond donors (Lipinski definition) is 2. The summed E-state index contributed by atoms with van der Waals surface area (Å²) in [5.41, 5.74) is 0.728. The van der Waals surface area contributed by atoms with Crippen molar-refractivity contribution in [1.29, 1.82) is 0 Å². The first-order valence-electron chi connectivity index (χ1n) is 13.2. The minimum Gasteiger partial charge on any atom is -0.464 e.